The van der Waals surface area contributed by atoms with Gasteiger partial charge in [-0.2, -0.15) is 5.10 Å². The van der Waals surface area contributed by atoms with Crippen LogP contribution < -0.4 is 5.01 Å². The molecule has 1 aromatic heterocycles. The smallest absolute Gasteiger partial charge is 0.191 e. The van der Waals surface area contributed by atoms with E-state index < -0.39 is 6.67 Å². The van der Waals surface area contributed by atoms with Crippen LogP contribution in [0.3, 0.4) is 0 Å². The summed E-state index contributed by atoms with van der Waals surface area (Å²) in [6.45, 7) is 8.01. The van der Waals surface area contributed by atoms with Crippen molar-refractivity contribution in [2.75, 3.05) is 24.0 Å². The van der Waals surface area contributed by atoms with Crippen LogP contribution in [0.1, 0.15) is 38.2 Å². The van der Waals surface area contributed by atoms with E-state index in [-0.39, 0.29) is 12.1 Å². The Hall–Kier alpha value is -0.920. The van der Waals surface area contributed by atoms with Gasteiger partial charge in [0, 0.05) is 24.6 Å². The Balaban J connectivity index is 2.17. The Labute approximate surface area is 152 Å². The SMILES string of the molecule is C=NN(c1nc(SCCF)nc(Cl)c1C)C1CCC(OCCC)C1. The lowest BCUT2D eigenvalue weighted by Gasteiger charge is -2.26. The highest BCUT2D eigenvalue weighted by Gasteiger charge is 2.32. The van der Waals surface area contributed by atoms with E-state index in [1.165, 1.54) is 11.8 Å². The largest absolute Gasteiger partial charge is 0.378 e. The normalized spacial score (nSPS) is 20.3. The topological polar surface area (TPSA) is 50.6 Å². The molecule has 1 aliphatic carbocycles. The monoisotopic (exact) mass is 374 g/mol. The van der Waals surface area contributed by atoms with Gasteiger partial charge in [0.05, 0.1) is 18.8 Å². The summed E-state index contributed by atoms with van der Waals surface area (Å²) >= 11 is 7.48. The van der Waals surface area contributed by atoms with E-state index in [1.807, 2.05) is 11.9 Å². The number of thioether (sulfide) groups is 1. The number of anilines is 1. The number of hydrogen-bond donors (Lipinski definition) is 0. The second-order valence-corrected chi connectivity index (χ2v) is 7.15. The van der Waals surface area contributed by atoms with Crippen molar-refractivity contribution in [1.29, 1.82) is 0 Å². The van der Waals surface area contributed by atoms with Crippen molar-refractivity contribution in [2.45, 2.75) is 56.8 Å². The van der Waals surface area contributed by atoms with Gasteiger partial charge >= 0.3 is 0 Å². The van der Waals surface area contributed by atoms with E-state index in [0.29, 0.717) is 21.9 Å². The third-order valence-electron chi connectivity index (χ3n) is 3.98. The molecule has 1 heterocycles. The quantitative estimate of drug-likeness (QED) is 0.212. The number of alkyl halides is 1. The fraction of sp³-hybridized carbons (Fsp3) is 0.688. The number of aromatic nitrogens is 2. The zero-order chi connectivity index (χ0) is 17.5. The van der Waals surface area contributed by atoms with Crippen molar-refractivity contribution in [1.82, 2.24) is 9.97 Å². The van der Waals surface area contributed by atoms with Crippen molar-refractivity contribution in [3.8, 4) is 0 Å². The van der Waals surface area contributed by atoms with Gasteiger partial charge in [-0.3, -0.25) is 4.39 Å². The van der Waals surface area contributed by atoms with Gasteiger partial charge in [-0.1, -0.05) is 30.3 Å². The molecule has 1 fully saturated rings. The molecular weight excluding hydrogens is 351 g/mol. The third kappa shape index (κ3) is 4.80. The lowest BCUT2D eigenvalue weighted by molar-refractivity contribution is 0.0578. The molecule has 134 valence electrons. The number of hydrazone groups is 1. The summed E-state index contributed by atoms with van der Waals surface area (Å²) in [5.41, 5.74) is 0.756. The molecule has 2 rings (SSSR count). The summed E-state index contributed by atoms with van der Waals surface area (Å²) in [4.78, 5) is 8.73. The van der Waals surface area contributed by atoms with Crippen LogP contribution in [-0.4, -0.2) is 47.9 Å². The third-order valence-corrected chi connectivity index (χ3v) is 5.15. The predicted octanol–water partition coefficient (Wildman–Crippen LogP) is 4.27. The summed E-state index contributed by atoms with van der Waals surface area (Å²) < 4.78 is 18.3. The second-order valence-electron chi connectivity index (χ2n) is 5.73. The van der Waals surface area contributed by atoms with Gasteiger partial charge in [0.1, 0.15) is 5.15 Å². The maximum atomic E-state index is 12.4. The highest BCUT2D eigenvalue weighted by molar-refractivity contribution is 7.99. The minimum absolute atomic E-state index is 0.174. The molecule has 5 nitrogen and oxygen atoms in total. The van der Waals surface area contributed by atoms with E-state index in [1.54, 1.807) is 0 Å². The molecule has 24 heavy (non-hydrogen) atoms. The van der Waals surface area contributed by atoms with Gasteiger partial charge in [0.25, 0.3) is 0 Å². The van der Waals surface area contributed by atoms with Gasteiger partial charge < -0.3 is 4.74 Å². The van der Waals surface area contributed by atoms with Gasteiger partial charge in [0.15, 0.2) is 11.0 Å². The Morgan fingerprint density at radius 3 is 2.92 bits per heavy atom. The lowest BCUT2D eigenvalue weighted by Crippen LogP contribution is -2.30. The average molecular weight is 375 g/mol. The molecule has 0 amide bonds. The Bertz CT molecular complexity index is 563. The van der Waals surface area contributed by atoms with E-state index in [2.05, 4.69) is 28.7 Å². The summed E-state index contributed by atoms with van der Waals surface area (Å²) in [5, 5.41) is 6.82. The van der Waals surface area contributed by atoms with Crippen LogP contribution in [0, 0.1) is 6.92 Å². The first-order valence-electron chi connectivity index (χ1n) is 8.21. The number of ether oxygens (including phenoxy) is 1. The summed E-state index contributed by atoms with van der Waals surface area (Å²) in [6, 6.07) is 0.174. The first kappa shape index (κ1) is 19.4. The number of rotatable bonds is 9. The van der Waals surface area contributed by atoms with Gasteiger partial charge in [-0.05, 0) is 32.6 Å². The zero-order valence-electron chi connectivity index (χ0n) is 14.2. The van der Waals surface area contributed by atoms with Gasteiger partial charge in [-0.15, -0.1) is 0 Å². The van der Waals surface area contributed by atoms with Crippen LogP contribution in [0.2, 0.25) is 5.15 Å². The molecule has 0 saturated heterocycles. The molecule has 0 spiro atoms. The minimum atomic E-state index is -0.433. The molecule has 1 aromatic rings. The summed E-state index contributed by atoms with van der Waals surface area (Å²) in [7, 11) is 0. The number of halogens is 2. The van der Waals surface area contributed by atoms with Crippen LogP contribution in [-0.2, 0) is 4.74 Å². The Morgan fingerprint density at radius 1 is 1.46 bits per heavy atom. The molecule has 1 aliphatic rings. The molecule has 0 aliphatic heterocycles. The van der Waals surface area contributed by atoms with Gasteiger partial charge in [0.2, 0.25) is 0 Å². The van der Waals surface area contributed by atoms with Crippen molar-refractivity contribution in [2.24, 2.45) is 5.10 Å². The summed E-state index contributed by atoms with van der Waals surface area (Å²) in [6.07, 6.45) is 4.10. The van der Waals surface area contributed by atoms with E-state index in [9.17, 15) is 4.39 Å². The zero-order valence-corrected chi connectivity index (χ0v) is 15.7. The molecule has 2 atom stereocenters. The Morgan fingerprint density at radius 2 is 2.25 bits per heavy atom. The first-order valence-corrected chi connectivity index (χ1v) is 9.57. The molecule has 8 heteroatoms. The van der Waals surface area contributed by atoms with Crippen LogP contribution in [0.5, 0.6) is 0 Å². The van der Waals surface area contributed by atoms with Crippen LogP contribution in [0.4, 0.5) is 10.2 Å². The Kier molecular flexibility index (Phi) is 7.71. The maximum absolute atomic E-state index is 12.4. The molecule has 0 N–H and O–H groups in total. The van der Waals surface area contributed by atoms with Crippen molar-refractivity contribution in [3.63, 3.8) is 0 Å². The maximum Gasteiger partial charge on any atom is 0.191 e. The highest BCUT2D eigenvalue weighted by atomic mass is 35.5. The van der Waals surface area contributed by atoms with E-state index in [0.717, 1.165) is 37.9 Å². The van der Waals surface area contributed by atoms with Crippen molar-refractivity contribution in [3.05, 3.63) is 10.7 Å². The molecule has 1 saturated carbocycles. The fourth-order valence-electron chi connectivity index (χ4n) is 2.81. The number of nitrogens with zero attached hydrogens (tertiary/aromatic N) is 4. The van der Waals surface area contributed by atoms with Crippen LogP contribution in [0.15, 0.2) is 10.3 Å². The molecule has 0 bridgehead atoms. The van der Waals surface area contributed by atoms with Crippen molar-refractivity contribution < 1.29 is 9.13 Å². The number of hydrogen-bond acceptors (Lipinski definition) is 6. The van der Waals surface area contributed by atoms with Gasteiger partial charge in [-0.25, -0.2) is 15.0 Å². The minimum Gasteiger partial charge on any atom is -0.378 e. The first-order chi connectivity index (χ1) is 11.6. The predicted molar refractivity (Wildman–Crippen MR) is 98.2 cm³/mol. The van der Waals surface area contributed by atoms with Crippen LogP contribution in [0.25, 0.3) is 0 Å². The molecular formula is C16H24ClFN4OS. The van der Waals surface area contributed by atoms with Crippen LogP contribution >= 0.6 is 23.4 Å². The summed E-state index contributed by atoms with van der Waals surface area (Å²) in [5.74, 6) is 0.948. The van der Waals surface area contributed by atoms with E-state index in [4.69, 9.17) is 16.3 Å². The molecule has 2 unspecified atom stereocenters. The lowest BCUT2D eigenvalue weighted by atomic mass is 10.2. The highest BCUT2D eigenvalue weighted by Crippen LogP contribution is 2.34. The van der Waals surface area contributed by atoms with E-state index >= 15 is 0 Å². The van der Waals surface area contributed by atoms with Crippen molar-refractivity contribution >= 4 is 35.9 Å². The molecule has 0 aromatic carbocycles. The second kappa shape index (κ2) is 9.53. The standard InChI is InChI=1S/C16H24ClFN4OS/c1-4-8-23-13-6-5-12(10-13)22(19-3)15-11(2)14(17)20-16(21-15)24-9-7-18/h12-13H,3-10H2,1-2H3. The fourth-order valence-corrected chi connectivity index (χ4v) is 3.59. The molecule has 0 radical (unpaired) electrons. The average Bonchev–Trinajstić information content (AvgIpc) is 3.04.